The van der Waals surface area contributed by atoms with Crippen LogP contribution in [-0.4, -0.2) is 4.98 Å². The summed E-state index contributed by atoms with van der Waals surface area (Å²) in [5.41, 5.74) is 3.27. The van der Waals surface area contributed by atoms with Gasteiger partial charge in [-0.15, -0.1) is 0 Å². The molecular formula is C11H11NO. The molecule has 2 nitrogen and oxygen atoms in total. The predicted molar refractivity (Wildman–Crippen MR) is 50.4 cm³/mol. The molecule has 0 aliphatic heterocycles. The fourth-order valence-electron chi connectivity index (χ4n) is 1.69. The summed E-state index contributed by atoms with van der Waals surface area (Å²) in [7, 11) is 0. The molecule has 0 spiro atoms. The summed E-state index contributed by atoms with van der Waals surface area (Å²) >= 11 is 0. The van der Waals surface area contributed by atoms with Crippen molar-refractivity contribution in [3.63, 3.8) is 0 Å². The van der Waals surface area contributed by atoms with Gasteiger partial charge in [0.1, 0.15) is 5.52 Å². The Balaban J connectivity index is 1.99. The molecule has 13 heavy (non-hydrogen) atoms. The number of fused-ring (bicyclic) bond motifs is 1. The first-order valence-electron chi connectivity index (χ1n) is 4.74. The number of oxazole rings is 1. The molecule has 1 aliphatic carbocycles. The molecule has 1 fully saturated rings. The molecule has 3 rings (SSSR count). The standard InChI is InChI=1S/C11H11NO/c1-2-8(1)5-9-3-4-11-10(6-9)12-7-13-11/h3-4,6-8H,1-2,5H2. The van der Waals surface area contributed by atoms with E-state index < -0.39 is 0 Å². The van der Waals surface area contributed by atoms with Crippen LogP contribution in [0.4, 0.5) is 0 Å². The lowest BCUT2D eigenvalue weighted by Gasteiger charge is -1.97. The van der Waals surface area contributed by atoms with Crippen molar-refractivity contribution < 1.29 is 4.42 Å². The second-order valence-electron chi connectivity index (χ2n) is 3.80. The van der Waals surface area contributed by atoms with E-state index in [0.29, 0.717) is 0 Å². The Hall–Kier alpha value is -1.31. The minimum absolute atomic E-state index is 0.888. The zero-order valence-corrected chi connectivity index (χ0v) is 7.36. The van der Waals surface area contributed by atoms with Gasteiger partial charge in [0.05, 0.1) is 0 Å². The van der Waals surface area contributed by atoms with Crippen molar-refractivity contribution in [2.24, 2.45) is 5.92 Å². The molecule has 66 valence electrons. The second-order valence-corrected chi connectivity index (χ2v) is 3.80. The van der Waals surface area contributed by atoms with Gasteiger partial charge in [0.2, 0.25) is 0 Å². The Morgan fingerprint density at radius 3 is 3.15 bits per heavy atom. The van der Waals surface area contributed by atoms with Gasteiger partial charge in [-0.05, 0) is 42.9 Å². The Bertz CT molecular complexity index is 428. The summed E-state index contributed by atoms with van der Waals surface area (Å²) in [4.78, 5) is 4.14. The van der Waals surface area contributed by atoms with Gasteiger partial charge in [-0.3, -0.25) is 0 Å². The summed E-state index contributed by atoms with van der Waals surface area (Å²) in [6.07, 6.45) is 5.52. The maximum atomic E-state index is 5.18. The van der Waals surface area contributed by atoms with Crippen LogP contribution in [0.25, 0.3) is 11.1 Å². The smallest absolute Gasteiger partial charge is 0.181 e. The molecule has 1 aromatic carbocycles. The van der Waals surface area contributed by atoms with Crippen molar-refractivity contribution in [1.29, 1.82) is 0 Å². The van der Waals surface area contributed by atoms with Crippen LogP contribution in [0.2, 0.25) is 0 Å². The molecule has 2 heteroatoms. The lowest BCUT2D eigenvalue weighted by atomic mass is 10.1. The van der Waals surface area contributed by atoms with E-state index >= 15 is 0 Å². The Morgan fingerprint density at radius 2 is 2.31 bits per heavy atom. The zero-order valence-electron chi connectivity index (χ0n) is 7.36. The fraction of sp³-hybridized carbons (Fsp3) is 0.364. The monoisotopic (exact) mass is 173 g/mol. The molecule has 2 aromatic rings. The van der Waals surface area contributed by atoms with Crippen molar-refractivity contribution in [2.75, 3.05) is 0 Å². The van der Waals surface area contributed by atoms with Crippen molar-refractivity contribution in [2.45, 2.75) is 19.3 Å². The van der Waals surface area contributed by atoms with Crippen LogP contribution >= 0.6 is 0 Å². The number of hydrogen-bond donors (Lipinski definition) is 0. The van der Waals surface area contributed by atoms with E-state index in [4.69, 9.17) is 4.42 Å². The van der Waals surface area contributed by atoms with Gasteiger partial charge in [0.25, 0.3) is 0 Å². The van der Waals surface area contributed by atoms with Gasteiger partial charge in [-0.2, -0.15) is 0 Å². The first kappa shape index (κ1) is 7.13. The molecule has 0 radical (unpaired) electrons. The van der Waals surface area contributed by atoms with Gasteiger partial charge < -0.3 is 4.42 Å². The number of benzene rings is 1. The highest BCUT2D eigenvalue weighted by molar-refractivity contribution is 5.72. The molecule has 1 saturated carbocycles. The van der Waals surface area contributed by atoms with Crippen LogP contribution in [0.15, 0.2) is 29.0 Å². The summed E-state index contributed by atoms with van der Waals surface area (Å²) in [5, 5.41) is 0. The second kappa shape index (κ2) is 2.59. The number of rotatable bonds is 2. The molecule has 1 aromatic heterocycles. The topological polar surface area (TPSA) is 26.0 Å². The minimum atomic E-state index is 0.888. The fourth-order valence-corrected chi connectivity index (χ4v) is 1.69. The van der Waals surface area contributed by atoms with Gasteiger partial charge in [-0.25, -0.2) is 4.98 Å². The maximum absolute atomic E-state index is 5.18. The quantitative estimate of drug-likeness (QED) is 0.697. The summed E-state index contributed by atoms with van der Waals surface area (Å²) < 4.78 is 5.18. The van der Waals surface area contributed by atoms with Gasteiger partial charge in [0.15, 0.2) is 12.0 Å². The highest BCUT2D eigenvalue weighted by atomic mass is 16.3. The molecule has 0 amide bonds. The third kappa shape index (κ3) is 1.32. The molecule has 0 bridgehead atoms. The van der Waals surface area contributed by atoms with E-state index in [9.17, 15) is 0 Å². The average Bonchev–Trinajstić information content (AvgIpc) is 2.83. The van der Waals surface area contributed by atoms with E-state index in [2.05, 4.69) is 17.1 Å². The Morgan fingerprint density at radius 1 is 1.38 bits per heavy atom. The van der Waals surface area contributed by atoms with Crippen LogP contribution in [-0.2, 0) is 6.42 Å². The van der Waals surface area contributed by atoms with Gasteiger partial charge in [-0.1, -0.05) is 6.07 Å². The predicted octanol–water partition coefficient (Wildman–Crippen LogP) is 2.78. The minimum Gasteiger partial charge on any atom is -0.443 e. The Kier molecular flexibility index (Phi) is 1.42. The highest BCUT2D eigenvalue weighted by Crippen LogP contribution is 2.33. The maximum Gasteiger partial charge on any atom is 0.181 e. The summed E-state index contributed by atoms with van der Waals surface area (Å²) in [5.74, 6) is 0.935. The normalized spacial score (nSPS) is 16.6. The first-order valence-corrected chi connectivity index (χ1v) is 4.74. The van der Waals surface area contributed by atoms with Crippen LogP contribution < -0.4 is 0 Å². The molecule has 0 saturated heterocycles. The molecule has 1 aliphatic rings. The molecule has 0 unspecified atom stereocenters. The average molecular weight is 173 g/mol. The van der Waals surface area contributed by atoms with E-state index in [0.717, 1.165) is 17.0 Å². The van der Waals surface area contributed by atoms with Crippen molar-refractivity contribution in [3.05, 3.63) is 30.2 Å². The summed E-state index contributed by atoms with van der Waals surface area (Å²) in [6.45, 7) is 0. The van der Waals surface area contributed by atoms with E-state index in [1.807, 2.05) is 6.07 Å². The van der Waals surface area contributed by atoms with Crippen molar-refractivity contribution in [3.8, 4) is 0 Å². The van der Waals surface area contributed by atoms with Crippen LogP contribution in [0.1, 0.15) is 18.4 Å². The SMILES string of the molecule is c1nc2cc(CC3CC3)ccc2o1. The van der Waals surface area contributed by atoms with Crippen LogP contribution in [0, 0.1) is 5.92 Å². The van der Waals surface area contributed by atoms with Crippen molar-refractivity contribution in [1.82, 2.24) is 4.98 Å². The van der Waals surface area contributed by atoms with E-state index in [-0.39, 0.29) is 0 Å². The lowest BCUT2D eigenvalue weighted by Crippen LogP contribution is -1.85. The molecule has 0 N–H and O–H groups in total. The van der Waals surface area contributed by atoms with E-state index in [1.165, 1.54) is 31.2 Å². The molecular weight excluding hydrogens is 162 g/mol. The van der Waals surface area contributed by atoms with Crippen LogP contribution in [0.5, 0.6) is 0 Å². The van der Waals surface area contributed by atoms with Crippen molar-refractivity contribution >= 4 is 11.1 Å². The number of aromatic nitrogens is 1. The van der Waals surface area contributed by atoms with Gasteiger partial charge >= 0.3 is 0 Å². The molecule has 1 heterocycles. The zero-order chi connectivity index (χ0) is 8.67. The third-order valence-corrected chi connectivity index (χ3v) is 2.62. The highest BCUT2D eigenvalue weighted by Gasteiger charge is 2.21. The first-order chi connectivity index (χ1) is 6.42. The van der Waals surface area contributed by atoms with Gasteiger partial charge in [0, 0.05) is 0 Å². The Labute approximate surface area is 76.6 Å². The summed E-state index contributed by atoms with van der Waals surface area (Å²) in [6, 6.07) is 6.29. The third-order valence-electron chi connectivity index (χ3n) is 2.62. The largest absolute Gasteiger partial charge is 0.443 e. The van der Waals surface area contributed by atoms with E-state index in [1.54, 1.807) is 0 Å². The van der Waals surface area contributed by atoms with Crippen LogP contribution in [0.3, 0.4) is 0 Å². The number of nitrogens with zero attached hydrogens (tertiary/aromatic N) is 1. The number of hydrogen-bond acceptors (Lipinski definition) is 2. The lowest BCUT2D eigenvalue weighted by molar-refractivity contribution is 0.602. The molecule has 0 atom stereocenters.